The first kappa shape index (κ1) is 12.4. The smallest absolute Gasteiger partial charge is 0.142 e. The molecule has 0 aromatic heterocycles. The van der Waals surface area contributed by atoms with Crippen molar-refractivity contribution in [2.24, 2.45) is 11.7 Å². The van der Waals surface area contributed by atoms with Gasteiger partial charge in [-0.1, -0.05) is 23.7 Å². The lowest BCUT2D eigenvalue weighted by molar-refractivity contribution is 0.0885. The molecule has 2 bridgehead atoms. The highest BCUT2D eigenvalue weighted by molar-refractivity contribution is 6.31. The van der Waals surface area contributed by atoms with Crippen LogP contribution < -0.4 is 5.73 Å². The average molecular weight is 270 g/mol. The Hall–Kier alpha value is -0.640. The molecular weight excluding hydrogens is 253 g/mol. The number of nitrogens with two attached hydrogens (primary N) is 1. The molecule has 2 N–H and O–H groups in total. The van der Waals surface area contributed by atoms with Gasteiger partial charge in [-0.25, -0.2) is 4.39 Å². The summed E-state index contributed by atoms with van der Waals surface area (Å²) in [5, 5.41) is 0.206. The molecule has 2 nitrogen and oxygen atoms in total. The highest BCUT2D eigenvalue weighted by Crippen LogP contribution is 2.40. The van der Waals surface area contributed by atoms with Crippen molar-refractivity contribution in [3.8, 4) is 0 Å². The van der Waals surface area contributed by atoms with Crippen LogP contribution in [0.25, 0.3) is 0 Å². The molecule has 2 aliphatic heterocycles. The Kier molecular flexibility index (Phi) is 3.31. The molecule has 2 heterocycles. The fraction of sp³-hybridized carbons (Fsp3) is 0.571. The number of halogens is 2. The van der Waals surface area contributed by atoms with Gasteiger partial charge < -0.3 is 10.5 Å². The van der Waals surface area contributed by atoms with Gasteiger partial charge in [-0.05, 0) is 37.3 Å². The third-order valence-electron chi connectivity index (χ3n) is 4.19. The quantitative estimate of drug-likeness (QED) is 0.916. The predicted molar refractivity (Wildman–Crippen MR) is 69.1 cm³/mol. The molecule has 2 fully saturated rings. The molecule has 4 atom stereocenters. The fourth-order valence-corrected chi connectivity index (χ4v) is 3.44. The summed E-state index contributed by atoms with van der Waals surface area (Å²) in [7, 11) is 0. The molecule has 4 unspecified atom stereocenters. The minimum absolute atomic E-state index is 0.000370. The van der Waals surface area contributed by atoms with Crippen molar-refractivity contribution in [2.45, 2.75) is 43.9 Å². The van der Waals surface area contributed by atoms with Crippen LogP contribution in [0.3, 0.4) is 0 Å². The molecule has 0 amide bonds. The van der Waals surface area contributed by atoms with Gasteiger partial charge in [0, 0.05) is 12.0 Å². The molecule has 18 heavy (non-hydrogen) atoms. The van der Waals surface area contributed by atoms with Gasteiger partial charge in [-0.2, -0.15) is 0 Å². The first-order chi connectivity index (χ1) is 8.65. The molecule has 0 saturated carbocycles. The summed E-state index contributed by atoms with van der Waals surface area (Å²) >= 11 is 5.96. The van der Waals surface area contributed by atoms with E-state index in [4.69, 9.17) is 22.1 Å². The molecule has 0 aliphatic carbocycles. The van der Waals surface area contributed by atoms with Crippen LogP contribution >= 0.6 is 11.6 Å². The zero-order valence-corrected chi connectivity index (χ0v) is 10.9. The van der Waals surface area contributed by atoms with Crippen LogP contribution in [0.15, 0.2) is 18.2 Å². The summed E-state index contributed by atoms with van der Waals surface area (Å²) < 4.78 is 19.2. The van der Waals surface area contributed by atoms with Crippen LogP contribution in [-0.4, -0.2) is 18.2 Å². The minimum atomic E-state index is -0.370. The highest BCUT2D eigenvalue weighted by Gasteiger charge is 2.43. The Morgan fingerprint density at radius 1 is 1.44 bits per heavy atom. The van der Waals surface area contributed by atoms with Crippen LogP contribution in [0.2, 0.25) is 5.02 Å². The van der Waals surface area contributed by atoms with Gasteiger partial charge in [0.2, 0.25) is 0 Å². The Balaban J connectivity index is 1.71. The molecule has 2 aliphatic rings. The lowest BCUT2D eigenvalue weighted by Gasteiger charge is -2.25. The molecule has 1 aromatic carbocycles. The van der Waals surface area contributed by atoms with Crippen LogP contribution in [0.4, 0.5) is 4.39 Å². The van der Waals surface area contributed by atoms with Gasteiger partial charge >= 0.3 is 0 Å². The average Bonchev–Trinajstić information content (AvgIpc) is 2.97. The summed E-state index contributed by atoms with van der Waals surface area (Å²) in [6.07, 6.45) is 4.63. The lowest BCUT2D eigenvalue weighted by atomic mass is 9.82. The first-order valence-electron chi connectivity index (χ1n) is 6.49. The third kappa shape index (κ3) is 2.15. The number of ether oxygens (including phenoxy) is 1. The van der Waals surface area contributed by atoms with Crippen molar-refractivity contribution in [3.05, 3.63) is 34.6 Å². The van der Waals surface area contributed by atoms with E-state index in [1.54, 1.807) is 6.07 Å². The van der Waals surface area contributed by atoms with Crippen molar-refractivity contribution in [2.75, 3.05) is 0 Å². The number of rotatable bonds is 3. The maximum Gasteiger partial charge on any atom is 0.142 e. The minimum Gasteiger partial charge on any atom is -0.375 e. The van der Waals surface area contributed by atoms with Crippen LogP contribution in [0.5, 0.6) is 0 Å². The summed E-state index contributed by atoms with van der Waals surface area (Å²) in [6, 6.07) is 4.90. The number of benzene rings is 1. The van der Waals surface area contributed by atoms with E-state index in [2.05, 4.69) is 0 Å². The summed E-state index contributed by atoms with van der Waals surface area (Å²) in [6.45, 7) is 0. The molecule has 0 radical (unpaired) electrons. The standard InChI is InChI=1S/C14H17ClFNO/c15-14-8(2-1-3-11(14)16)6-12(17)10-7-9-4-5-13(10)18-9/h1-3,9-10,12-13H,4-7,17H2. The van der Waals surface area contributed by atoms with Gasteiger partial charge in [0.25, 0.3) is 0 Å². The molecular formula is C14H17ClFNO. The summed E-state index contributed by atoms with van der Waals surface area (Å²) in [5.41, 5.74) is 7.05. The van der Waals surface area contributed by atoms with E-state index in [0.717, 1.165) is 24.8 Å². The number of fused-ring (bicyclic) bond motifs is 2. The monoisotopic (exact) mass is 269 g/mol. The van der Waals surface area contributed by atoms with E-state index in [9.17, 15) is 4.39 Å². The van der Waals surface area contributed by atoms with Crippen molar-refractivity contribution in [3.63, 3.8) is 0 Å². The van der Waals surface area contributed by atoms with Gasteiger partial charge in [0.1, 0.15) is 5.82 Å². The first-order valence-corrected chi connectivity index (χ1v) is 6.87. The Morgan fingerprint density at radius 3 is 2.94 bits per heavy atom. The van der Waals surface area contributed by atoms with Crippen molar-refractivity contribution in [1.82, 2.24) is 0 Å². The van der Waals surface area contributed by atoms with Crippen LogP contribution in [-0.2, 0) is 11.2 Å². The molecule has 0 spiro atoms. The Morgan fingerprint density at radius 2 is 2.28 bits per heavy atom. The second kappa shape index (κ2) is 4.80. The topological polar surface area (TPSA) is 35.2 Å². The van der Waals surface area contributed by atoms with Gasteiger partial charge in [-0.3, -0.25) is 0 Å². The van der Waals surface area contributed by atoms with E-state index < -0.39 is 0 Å². The Bertz CT molecular complexity index is 453. The second-order valence-corrected chi connectivity index (χ2v) is 5.73. The largest absolute Gasteiger partial charge is 0.375 e. The molecule has 2 saturated heterocycles. The molecule has 3 rings (SSSR count). The van der Waals surface area contributed by atoms with E-state index in [0.29, 0.717) is 24.5 Å². The van der Waals surface area contributed by atoms with E-state index in [1.807, 2.05) is 6.07 Å². The predicted octanol–water partition coefficient (Wildman–Crippen LogP) is 2.92. The lowest BCUT2D eigenvalue weighted by Crippen LogP contribution is -2.38. The molecule has 4 heteroatoms. The SMILES string of the molecule is NC(Cc1cccc(F)c1Cl)C1CC2CCC1O2. The summed E-state index contributed by atoms with van der Waals surface area (Å²) in [4.78, 5) is 0. The molecule has 98 valence electrons. The second-order valence-electron chi connectivity index (χ2n) is 5.35. The van der Waals surface area contributed by atoms with Crippen molar-refractivity contribution in [1.29, 1.82) is 0 Å². The highest BCUT2D eigenvalue weighted by atomic mass is 35.5. The van der Waals surface area contributed by atoms with Gasteiger partial charge in [0.15, 0.2) is 0 Å². The van der Waals surface area contributed by atoms with Crippen LogP contribution in [0.1, 0.15) is 24.8 Å². The number of hydrogen-bond donors (Lipinski definition) is 1. The third-order valence-corrected chi connectivity index (χ3v) is 4.61. The number of hydrogen-bond acceptors (Lipinski definition) is 2. The van der Waals surface area contributed by atoms with Gasteiger partial charge in [-0.15, -0.1) is 0 Å². The van der Waals surface area contributed by atoms with Gasteiger partial charge in [0.05, 0.1) is 17.2 Å². The Labute approximate surface area is 111 Å². The normalized spacial score (nSPS) is 31.8. The zero-order valence-electron chi connectivity index (χ0n) is 10.1. The zero-order chi connectivity index (χ0) is 12.7. The maximum absolute atomic E-state index is 13.4. The molecule has 1 aromatic rings. The van der Waals surface area contributed by atoms with Crippen molar-refractivity contribution < 1.29 is 9.13 Å². The van der Waals surface area contributed by atoms with E-state index in [1.165, 1.54) is 6.07 Å². The van der Waals surface area contributed by atoms with Crippen molar-refractivity contribution >= 4 is 11.6 Å². The maximum atomic E-state index is 13.4. The fourth-order valence-electron chi connectivity index (χ4n) is 3.24. The van der Waals surface area contributed by atoms with Crippen LogP contribution in [0, 0.1) is 11.7 Å². The van der Waals surface area contributed by atoms with E-state index in [-0.39, 0.29) is 16.9 Å². The summed E-state index contributed by atoms with van der Waals surface area (Å²) in [5.74, 6) is 0.0219. The van der Waals surface area contributed by atoms with E-state index >= 15 is 0 Å².